The van der Waals surface area contributed by atoms with Gasteiger partial charge in [0.15, 0.2) is 0 Å². The van der Waals surface area contributed by atoms with Crippen LogP contribution in [0.1, 0.15) is 24.4 Å². The summed E-state index contributed by atoms with van der Waals surface area (Å²) >= 11 is 0. The molecule has 1 N–H and O–H groups in total. The molecule has 4 heteroatoms. The Morgan fingerprint density at radius 2 is 2.00 bits per heavy atom. The highest BCUT2D eigenvalue weighted by Gasteiger charge is 2.24. The molecule has 0 saturated carbocycles. The van der Waals surface area contributed by atoms with Gasteiger partial charge in [-0.3, -0.25) is 0 Å². The predicted octanol–water partition coefficient (Wildman–Crippen LogP) is 1.16. The fraction of sp³-hybridized carbons (Fsp3) is 0.636. The van der Waals surface area contributed by atoms with Gasteiger partial charge < -0.3 is 10.1 Å². The van der Waals surface area contributed by atoms with Crippen LogP contribution in [0, 0.1) is 5.92 Å². The topological polar surface area (TPSA) is 47.0 Å². The Balaban J connectivity index is 2.09. The largest absolute Gasteiger partial charge is 0.381 e. The van der Waals surface area contributed by atoms with E-state index in [4.69, 9.17) is 4.74 Å². The van der Waals surface area contributed by atoms with Gasteiger partial charge >= 0.3 is 0 Å². The first-order valence-corrected chi connectivity index (χ1v) is 5.41. The van der Waals surface area contributed by atoms with Gasteiger partial charge in [0.1, 0.15) is 6.33 Å². The standard InChI is InChI=1S/C11H17N3O/c1-12-11(9-2-4-15-5-3-9)10-6-13-8-14-7-10/h6-9,11-12H,2-5H2,1H3. The van der Waals surface area contributed by atoms with Crippen molar-refractivity contribution < 1.29 is 4.74 Å². The zero-order valence-electron chi connectivity index (χ0n) is 9.02. The highest BCUT2D eigenvalue weighted by Crippen LogP contribution is 2.28. The first-order valence-electron chi connectivity index (χ1n) is 5.41. The van der Waals surface area contributed by atoms with E-state index in [0.29, 0.717) is 12.0 Å². The van der Waals surface area contributed by atoms with E-state index in [-0.39, 0.29) is 0 Å². The zero-order valence-corrected chi connectivity index (χ0v) is 9.02. The molecule has 1 fully saturated rings. The van der Waals surface area contributed by atoms with Crippen LogP contribution in [0.5, 0.6) is 0 Å². The van der Waals surface area contributed by atoms with Gasteiger partial charge in [0.05, 0.1) is 0 Å². The molecule has 0 spiro atoms. The first-order chi connectivity index (χ1) is 7.42. The average molecular weight is 207 g/mol. The maximum atomic E-state index is 5.37. The molecule has 0 amide bonds. The summed E-state index contributed by atoms with van der Waals surface area (Å²) in [5, 5.41) is 3.35. The summed E-state index contributed by atoms with van der Waals surface area (Å²) in [4.78, 5) is 8.13. The number of ether oxygens (including phenoxy) is 1. The fourth-order valence-corrected chi connectivity index (χ4v) is 2.19. The summed E-state index contributed by atoms with van der Waals surface area (Å²) in [6.45, 7) is 1.74. The van der Waals surface area contributed by atoms with E-state index in [1.807, 2.05) is 19.4 Å². The molecule has 0 aromatic carbocycles. The van der Waals surface area contributed by atoms with Gasteiger partial charge in [0, 0.05) is 37.2 Å². The third-order valence-corrected chi connectivity index (χ3v) is 2.99. The second kappa shape index (κ2) is 5.19. The Hall–Kier alpha value is -1.00. The minimum atomic E-state index is 0.357. The molecule has 1 atom stereocenters. The van der Waals surface area contributed by atoms with Crippen molar-refractivity contribution in [3.05, 3.63) is 24.3 Å². The van der Waals surface area contributed by atoms with E-state index >= 15 is 0 Å². The Bertz CT molecular complexity index is 285. The van der Waals surface area contributed by atoms with Crippen LogP contribution in [-0.4, -0.2) is 30.2 Å². The first kappa shape index (κ1) is 10.5. The minimum absolute atomic E-state index is 0.357. The molecular weight excluding hydrogens is 190 g/mol. The maximum Gasteiger partial charge on any atom is 0.115 e. The Morgan fingerprint density at radius 3 is 2.60 bits per heavy atom. The van der Waals surface area contributed by atoms with Crippen LogP contribution in [0.25, 0.3) is 0 Å². The fourth-order valence-electron chi connectivity index (χ4n) is 2.19. The lowest BCUT2D eigenvalue weighted by Crippen LogP contribution is -2.30. The van der Waals surface area contributed by atoms with Crippen molar-refractivity contribution in [3.8, 4) is 0 Å². The summed E-state index contributed by atoms with van der Waals surface area (Å²) in [6.07, 6.45) is 7.58. The van der Waals surface area contributed by atoms with E-state index < -0.39 is 0 Å². The lowest BCUT2D eigenvalue weighted by atomic mass is 9.88. The molecule has 1 aliphatic heterocycles. The van der Waals surface area contributed by atoms with Crippen molar-refractivity contribution in [2.75, 3.05) is 20.3 Å². The van der Waals surface area contributed by atoms with Crippen LogP contribution in [0.2, 0.25) is 0 Å². The van der Waals surface area contributed by atoms with E-state index in [9.17, 15) is 0 Å². The molecule has 4 nitrogen and oxygen atoms in total. The van der Waals surface area contributed by atoms with Crippen molar-refractivity contribution in [1.82, 2.24) is 15.3 Å². The summed E-state index contributed by atoms with van der Waals surface area (Å²) in [7, 11) is 1.99. The van der Waals surface area contributed by atoms with Gasteiger partial charge in [0.2, 0.25) is 0 Å². The molecule has 1 unspecified atom stereocenters. The monoisotopic (exact) mass is 207 g/mol. The highest BCUT2D eigenvalue weighted by molar-refractivity contribution is 5.10. The Labute approximate surface area is 90.1 Å². The van der Waals surface area contributed by atoms with Gasteiger partial charge in [-0.05, 0) is 25.8 Å². The normalized spacial score (nSPS) is 20.1. The lowest BCUT2D eigenvalue weighted by Gasteiger charge is -2.29. The quantitative estimate of drug-likeness (QED) is 0.808. The van der Waals surface area contributed by atoms with Gasteiger partial charge in [-0.15, -0.1) is 0 Å². The second-order valence-corrected chi connectivity index (χ2v) is 3.89. The van der Waals surface area contributed by atoms with E-state index in [1.165, 1.54) is 5.56 Å². The van der Waals surface area contributed by atoms with Crippen molar-refractivity contribution in [2.24, 2.45) is 5.92 Å². The number of rotatable bonds is 3. The third kappa shape index (κ3) is 2.52. The van der Waals surface area contributed by atoms with Crippen LogP contribution in [0.3, 0.4) is 0 Å². The molecule has 2 heterocycles. The van der Waals surface area contributed by atoms with Crippen molar-refractivity contribution in [2.45, 2.75) is 18.9 Å². The van der Waals surface area contributed by atoms with Gasteiger partial charge in [-0.1, -0.05) is 0 Å². The summed E-state index contributed by atoms with van der Waals surface area (Å²) in [5.74, 6) is 0.634. The molecule has 0 bridgehead atoms. The van der Waals surface area contributed by atoms with Gasteiger partial charge in [0.25, 0.3) is 0 Å². The molecule has 1 aromatic heterocycles. The van der Waals surface area contributed by atoms with Crippen LogP contribution >= 0.6 is 0 Å². The summed E-state index contributed by atoms with van der Waals surface area (Å²) in [5.41, 5.74) is 1.17. The molecule has 1 saturated heterocycles. The molecule has 82 valence electrons. The highest BCUT2D eigenvalue weighted by atomic mass is 16.5. The lowest BCUT2D eigenvalue weighted by molar-refractivity contribution is 0.0545. The SMILES string of the molecule is CNC(c1cncnc1)C1CCOCC1. The van der Waals surface area contributed by atoms with Gasteiger partial charge in [-0.2, -0.15) is 0 Å². The number of aromatic nitrogens is 2. The van der Waals surface area contributed by atoms with Crippen LogP contribution in [0.4, 0.5) is 0 Å². The molecule has 0 radical (unpaired) electrons. The third-order valence-electron chi connectivity index (χ3n) is 2.99. The molecule has 15 heavy (non-hydrogen) atoms. The van der Waals surface area contributed by atoms with E-state index in [1.54, 1.807) is 6.33 Å². The van der Waals surface area contributed by atoms with Crippen LogP contribution in [0.15, 0.2) is 18.7 Å². The number of hydrogen-bond donors (Lipinski definition) is 1. The average Bonchev–Trinajstić information content (AvgIpc) is 2.33. The number of nitrogens with one attached hydrogen (secondary N) is 1. The summed E-state index contributed by atoms with van der Waals surface area (Å²) in [6, 6.07) is 0.357. The zero-order chi connectivity index (χ0) is 10.5. The van der Waals surface area contributed by atoms with Gasteiger partial charge in [-0.25, -0.2) is 9.97 Å². The molecular formula is C11H17N3O. The van der Waals surface area contributed by atoms with Crippen molar-refractivity contribution >= 4 is 0 Å². The number of hydrogen-bond acceptors (Lipinski definition) is 4. The summed E-state index contributed by atoms with van der Waals surface area (Å²) < 4.78 is 5.37. The molecule has 1 aromatic rings. The van der Waals surface area contributed by atoms with Crippen LogP contribution in [-0.2, 0) is 4.74 Å². The smallest absolute Gasteiger partial charge is 0.115 e. The van der Waals surface area contributed by atoms with Crippen molar-refractivity contribution in [1.29, 1.82) is 0 Å². The Kier molecular flexibility index (Phi) is 3.64. The van der Waals surface area contributed by atoms with E-state index in [2.05, 4.69) is 15.3 Å². The second-order valence-electron chi connectivity index (χ2n) is 3.89. The molecule has 1 aliphatic rings. The molecule has 2 rings (SSSR count). The Morgan fingerprint density at radius 1 is 1.33 bits per heavy atom. The molecule has 0 aliphatic carbocycles. The predicted molar refractivity (Wildman–Crippen MR) is 57.4 cm³/mol. The number of nitrogens with zero attached hydrogens (tertiary/aromatic N) is 2. The minimum Gasteiger partial charge on any atom is -0.381 e. The van der Waals surface area contributed by atoms with Crippen LogP contribution < -0.4 is 5.32 Å². The maximum absolute atomic E-state index is 5.37. The van der Waals surface area contributed by atoms with Crippen molar-refractivity contribution in [3.63, 3.8) is 0 Å². The van der Waals surface area contributed by atoms with E-state index in [0.717, 1.165) is 26.1 Å².